The van der Waals surface area contributed by atoms with E-state index >= 15 is 0 Å². The Bertz CT molecular complexity index is 825. The molecule has 8 heteroatoms. The number of carbonyl (C=O) groups is 2. The summed E-state index contributed by atoms with van der Waals surface area (Å²) in [5, 5.41) is 8.21. The van der Waals surface area contributed by atoms with Crippen LogP contribution in [0, 0.1) is 0 Å². The Labute approximate surface area is 151 Å². The maximum atomic E-state index is 13.3. The van der Waals surface area contributed by atoms with E-state index in [1.54, 1.807) is 21.7 Å². The van der Waals surface area contributed by atoms with E-state index in [9.17, 15) is 9.59 Å². The van der Waals surface area contributed by atoms with Crippen LogP contribution in [-0.2, 0) is 9.53 Å². The second-order valence-corrected chi connectivity index (χ2v) is 7.03. The molecule has 4 heterocycles. The number of amides is 1. The summed E-state index contributed by atoms with van der Waals surface area (Å²) in [7, 11) is 0. The molecule has 0 saturated carbocycles. The van der Waals surface area contributed by atoms with Crippen molar-refractivity contribution in [3.8, 4) is 0 Å². The van der Waals surface area contributed by atoms with E-state index < -0.39 is 6.04 Å². The van der Waals surface area contributed by atoms with Gasteiger partial charge >= 0.3 is 0 Å². The number of carbonyl (C=O) groups excluding carboxylic acids is 2. The maximum Gasteiger partial charge on any atom is 0.246 e. The van der Waals surface area contributed by atoms with Crippen LogP contribution in [0.4, 0.5) is 0 Å². The molecule has 0 radical (unpaired) electrons. The van der Waals surface area contributed by atoms with Gasteiger partial charge in [-0.2, -0.15) is 0 Å². The largest absolute Gasteiger partial charge is 0.423 e. The Morgan fingerprint density at radius 3 is 2.96 bits per heavy atom. The minimum Gasteiger partial charge on any atom is -0.423 e. The summed E-state index contributed by atoms with van der Waals surface area (Å²) in [4.78, 5) is 27.1. The van der Waals surface area contributed by atoms with Crippen LogP contribution in [0.15, 0.2) is 22.7 Å². The average molecular weight is 358 g/mol. The molecule has 2 aliphatic heterocycles. The summed E-state index contributed by atoms with van der Waals surface area (Å²) in [5.74, 6) is 1.12. The van der Waals surface area contributed by atoms with Gasteiger partial charge in [0.25, 0.3) is 0 Å². The number of hydrogen-bond donors (Lipinski definition) is 0. The summed E-state index contributed by atoms with van der Waals surface area (Å²) in [6.07, 6.45) is 2.69. The van der Waals surface area contributed by atoms with E-state index in [1.165, 1.54) is 0 Å². The van der Waals surface area contributed by atoms with Crippen LogP contribution in [0.2, 0.25) is 0 Å². The van der Waals surface area contributed by atoms with Crippen LogP contribution in [0.5, 0.6) is 0 Å². The first-order valence-electron chi connectivity index (χ1n) is 8.98. The second-order valence-electron chi connectivity index (χ2n) is 7.03. The van der Waals surface area contributed by atoms with Crippen LogP contribution in [0.3, 0.4) is 0 Å². The van der Waals surface area contributed by atoms with Gasteiger partial charge in [0.15, 0.2) is 5.78 Å². The number of aromatic nitrogens is 3. The molecule has 2 aromatic heterocycles. The number of rotatable bonds is 3. The monoisotopic (exact) mass is 358 g/mol. The van der Waals surface area contributed by atoms with Crippen LogP contribution in [-0.4, -0.2) is 51.1 Å². The van der Waals surface area contributed by atoms with Gasteiger partial charge in [-0.15, -0.1) is 10.2 Å². The highest BCUT2D eigenvalue weighted by molar-refractivity contribution is 5.97. The molecule has 0 aliphatic carbocycles. The molecule has 2 aromatic rings. The van der Waals surface area contributed by atoms with Gasteiger partial charge in [0, 0.05) is 25.1 Å². The first kappa shape index (κ1) is 17.0. The Hall–Kier alpha value is -2.48. The molecule has 0 spiro atoms. The van der Waals surface area contributed by atoms with Crippen molar-refractivity contribution < 1.29 is 18.7 Å². The van der Waals surface area contributed by atoms with Crippen molar-refractivity contribution >= 4 is 11.7 Å². The third-order valence-electron chi connectivity index (χ3n) is 4.98. The standard InChI is InChI=1S/C18H22N4O4/c1-11(2)16-19-20-17(26-16)14-10-25-9-8-22(14)18(24)13-5-6-15(23)12-4-3-7-21(12)13/h3-4,7,11,13-14H,5-6,8-10H2,1-2H3. The third kappa shape index (κ3) is 2.84. The number of nitrogens with zero attached hydrogens (tertiary/aromatic N) is 4. The van der Waals surface area contributed by atoms with Crippen molar-refractivity contribution in [2.24, 2.45) is 0 Å². The quantitative estimate of drug-likeness (QED) is 0.835. The minimum atomic E-state index is -0.395. The smallest absolute Gasteiger partial charge is 0.246 e. The highest BCUT2D eigenvalue weighted by atomic mass is 16.5. The van der Waals surface area contributed by atoms with Crippen molar-refractivity contribution in [3.05, 3.63) is 35.8 Å². The fraction of sp³-hybridized carbons (Fsp3) is 0.556. The van der Waals surface area contributed by atoms with Gasteiger partial charge in [-0.05, 0) is 18.6 Å². The van der Waals surface area contributed by atoms with E-state index in [1.807, 2.05) is 19.9 Å². The van der Waals surface area contributed by atoms with Gasteiger partial charge < -0.3 is 18.6 Å². The Morgan fingerprint density at radius 2 is 2.19 bits per heavy atom. The summed E-state index contributed by atoms with van der Waals surface area (Å²) >= 11 is 0. The molecule has 0 aromatic carbocycles. The lowest BCUT2D eigenvalue weighted by molar-refractivity contribution is -0.145. The molecule has 0 bridgehead atoms. The number of ketones is 1. The lowest BCUT2D eigenvalue weighted by Gasteiger charge is -2.37. The third-order valence-corrected chi connectivity index (χ3v) is 4.98. The van der Waals surface area contributed by atoms with E-state index in [0.29, 0.717) is 50.1 Å². The minimum absolute atomic E-state index is 0.0347. The fourth-order valence-electron chi connectivity index (χ4n) is 3.56. The maximum absolute atomic E-state index is 13.3. The Balaban J connectivity index is 1.61. The lowest BCUT2D eigenvalue weighted by atomic mass is 10.00. The van der Waals surface area contributed by atoms with Gasteiger partial charge in [-0.3, -0.25) is 9.59 Å². The van der Waals surface area contributed by atoms with Gasteiger partial charge in [0.05, 0.1) is 18.9 Å². The highest BCUT2D eigenvalue weighted by Gasteiger charge is 2.38. The molecular weight excluding hydrogens is 336 g/mol. The summed E-state index contributed by atoms with van der Waals surface area (Å²) in [6.45, 7) is 5.21. The Morgan fingerprint density at radius 1 is 1.35 bits per heavy atom. The summed E-state index contributed by atoms with van der Waals surface area (Å²) in [6, 6.07) is 2.80. The van der Waals surface area contributed by atoms with Gasteiger partial charge in [0.1, 0.15) is 12.1 Å². The topological polar surface area (TPSA) is 90.5 Å². The molecule has 0 N–H and O–H groups in total. The zero-order valence-corrected chi connectivity index (χ0v) is 14.9. The number of hydrogen-bond acceptors (Lipinski definition) is 6. The van der Waals surface area contributed by atoms with E-state index in [0.717, 1.165) is 0 Å². The number of fused-ring (bicyclic) bond motifs is 1. The van der Waals surface area contributed by atoms with E-state index in [2.05, 4.69) is 10.2 Å². The molecule has 2 unspecified atom stereocenters. The molecule has 1 amide bonds. The summed E-state index contributed by atoms with van der Waals surface area (Å²) < 4.78 is 13.1. The molecule has 138 valence electrons. The Kier molecular flexibility index (Phi) is 4.36. The molecular formula is C18H22N4O4. The van der Waals surface area contributed by atoms with Crippen molar-refractivity contribution in [1.29, 1.82) is 0 Å². The average Bonchev–Trinajstić information content (AvgIpc) is 3.32. The van der Waals surface area contributed by atoms with Gasteiger partial charge in [-0.1, -0.05) is 13.8 Å². The molecule has 2 aliphatic rings. The molecule has 26 heavy (non-hydrogen) atoms. The summed E-state index contributed by atoms with van der Waals surface area (Å²) in [5.41, 5.74) is 0.597. The second kappa shape index (κ2) is 6.68. The van der Waals surface area contributed by atoms with Crippen molar-refractivity contribution in [3.63, 3.8) is 0 Å². The normalized spacial score (nSPS) is 23.3. The molecule has 8 nitrogen and oxygen atoms in total. The van der Waals surface area contributed by atoms with E-state index in [-0.39, 0.29) is 23.7 Å². The zero-order chi connectivity index (χ0) is 18.3. The molecule has 2 atom stereocenters. The number of Topliss-reactive ketones (excluding diaryl/α,β-unsaturated/α-hetero) is 1. The van der Waals surface area contributed by atoms with Gasteiger partial charge in [0.2, 0.25) is 17.7 Å². The molecule has 4 rings (SSSR count). The first-order valence-corrected chi connectivity index (χ1v) is 8.98. The lowest BCUT2D eigenvalue weighted by Crippen LogP contribution is -2.47. The molecule has 1 saturated heterocycles. The highest BCUT2D eigenvalue weighted by Crippen LogP contribution is 2.32. The fourth-order valence-corrected chi connectivity index (χ4v) is 3.56. The van der Waals surface area contributed by atoms with Gasteiger partial charge in [-0.25, -0.2) is 0 Å². The van der Waals surface area contributed by atoms with Crippen LogP contribution in [0.1, 0.15) is 67.0 Å². The zero-order valence-electron chi connectivity index (χ0n) is 14.9. The molecule has 1 fully saturated rings. The van der Waals surface area contributed by atoms with Crippen LogP contribution in [0.25, 0.3) is 0 Å². The predicted octanol–water partition coefficient (Wildman–Crippen LogP) is 2.11. The van der Waals surface area contributed by atoms with E-state index in [4.69, 9.17) is 9.15 Å². The number of morpholine rings is 1. The number of ether oxygens (including phenoxy) is 1. The van der Waals surface area contributed by atoms with Crippen LogP contribution >= 0.6 is 0 Å². The van der Waals surface area contributed by atoms with Crippen molar-refractivity contribution in [2.45, 2.75) is 44.7 Å². The van der Waals surface area contributed by atoms with Crippen LogP contribution < -0.4 is 0 Å². The van der Waals surface area contributed by atoms with Crippen molar-refractivity contribution in [2.75, 3.05) is 19.8 Å². The predicted molar refractivity (Wildman–Crippen MR) is 90.7 cm³/mol. The SMILES string of the molecule is CC(C)c1nnc(C2COCCN2C(=O)C2CCC(=O)c3cccn32)o1. The van der Waals surface area contributed by atoms with Crippen molar-refractivity contribution in [1.82, 2.24) is 19.7 Å². The first-order chi connectivity index (χ1) is 12.6.